The summed E-state index contributed by atoms with van der Waals surface area (Å²) >= 11 is 9.71. The average Bonchev–Trinajstić information content (AvgIpc) is 3.23. The van der Waals surface area contributed by atoms with Crippen LogP contribution in [-0.2, 0) is 9.53 Å². The number of benzene rings is 2. The molecule has 162 valence electrons. The summed E-state index contributed by atoms with van der Waals surface area (Å²) in [5.74, 6) is 0.735. The van der Waals surface area contributed by atoms with Gasteiger partial charge < -0.3 is 13.9 Å². The molecule has 4 rings (SSSR count). The predicted molar refractivity (Wildman–Crippen MR) is 123 cm³/mol. The van der Waals surface area contributed by atoms with Gasteiger partial charge in [-0.15, -0.1) is 0 Å². The quantitative estimate of drug-likeness (QED) is 0.450. The minimum absolute atomic E-state index is 0.0805. The van der Waals surface area contributed by atoms with Gasteiger partial charge in [0.15, 0.2) is 11.0 Å². The molecule has 3 aromatic rings. The molecule has 0 spiro atoms. The second-order valence-corrected chi connectivity index (χ2v) is 8.71. The first-order chi connectivity index (χ1) is 15.0. The topological polar surface area (TPSA) is 69.0 Å². The van der Waals surface area contributed by atoms with Crippen molar-refractivity contribution in [2.45, 2.75) is 6.42 Å². The molecule has 2 aromatic carbocycles. The summed E-state index contributed by atoms with van der Waals surface area (Å²) in [5, 5.41) is 0.815. The van der Waals surface area contributed by atoms with Crippen LogP contribution in [-0.4, -0.2) is 44.2 Å². The summed E-state index contributed by atoms with van der Waals surface area (Å²) in [6.45, 7) is 2.59. The van der Waals surface area contributed by atoms with Crippen LogP contribution in [0, 0.1) is 5.92 Å². The van der Waals surface area contributed by atoms with Gasteiger partial charge in [-0.3, -0.25) is 14.5 Å². The van der Waals surface area contributed by atoms with Gasteiger partial charge in [-0.1, -0.05) is 33.6 Å². The largest absolute Gasteiger partial charge is 0.491 e. The summed E-state index contributed by atoms with van der Waals surface area (Å²) in [6, 6.07) is 12.1. The zero-order valence-corrected chi connectivity index (χ0v) is 19.2. The maximum absolute atomic E-state index is 12.6. The number of carbonyl (C=O) groups excluding carboxylic acids is 1. The van der Waals surface area contributed by atoms with E-state index in [0.29, 0.717) is 52.8 Å². The molecule has 0 radical (unpaired) electrons. The average molecular weight is 507 g/mol. The Morgan fingerprint density at radius 2 is 2.13 bits per heavy atom. The highest BCUT2D eigenvalue weighted by Crippen LogP contribution is 2.34. The van der Waals surface area contributed by atoms with Crippen molar-refractivity contribution in [1.29, 1.82) is 0 Å². The lowest BCUT2D eigenvalue weighted by Crippen LogP contribution is -2.28. The Kier molecular flexibility index (Phi) is 6.65. The van der Waals surface area contributed by atoms with Gasteiger partial charge in [-0.05, 0) is 43.3 Å². The Morgan fingerprint density at radius 3 is 2.94 bits per heavy atom. The molecule has 8 heteroatoms. The number of ether oxygens (including phenoxy) is 2. The standard InChI is InChI=1S/C23H21BrClNO5/c1-29-23(28)14-7-8-26(13-14)9-10-30-20-11-15(24)5-6-17(20)21-12-19(27)16-3-2-4-18(25)22(16)31-21/h2-6,11-12,14H,7-10,13H2,1H3/t14-/m1/s1. The van der Waals surface area contributed by atoms with E-state index < -0.39 is 0 Å². The first-order valence-electron chi connectivity index (χ1n) is 9.91. The van der Waals surface area contributed by atoms with Crippen molar-refractivity contribution < 1.29 is 18.7 Å². The molecule has 0 N–H and O–H groups in total. The molecule has 0 saturated carbocycles. The smallest absolute Gasteiger partial charge is 0.310 e. The number of esters is 1. The number of nitrogens with zero attached hydrogens (tertiary/aromatic N) is 1. The summed E-state index contributed by atoms with van der Waals surface area (Å²) < 4.78 is 17.7. The van der Waals surface area contributed by atoms with Gasteiger partial charge in [0.25, 0.3) is 0 Å². The van der Waals surface area contributed by atoms with Crippen molar-refractivity contribution in [3.63, 3.8) is 0 Å². The van der Waals surface area contributed by atoms with Crippen LogP contribution in [0.3, 0.4) is 0 Å². The highest BCUT2D eigenvalue weighted by atomic mass is 79.9. The third kappa shape index (κ3) is 4.79. The fourth-order valence-electron chi connectivity index (χ4n) is 3.77. The van der Waals surface area contributed by atoms with E-state index in [-0.39, 0.29) is 17.3 Å². The van der Waals surface area contributed by atoms with Crippen LogP contribution in [0.25, 0.3) is 22.3 Å². The first kappa shape index (κ1) is 21.9. The number of para-hydroxylation sites is 1. The summed E-state index contributed by atoms with van der Waals surface area (Å²) in [6.07, 6.45) is 0.789. The number of carbonyl (C=O) groups is 1. The second-order valence-electron chi connectivity index (χ2n) is 7.39. The van der Waals surface area contributed by atoms with Gasteiger partial charge >= 0.3 is 5.97 Å². The molecule has 1 atom stereocenters. The van der Waals surface area contributed by atoms with Gasteiger partial charge in [-0.25, -0.2) is 0 Å². The number of hydrogen-bond donors (Lipinski definition) is 0. The number of fused-ring (bicyclic) bond motifs is 1. The lowest BCUT2D eigenvalue weighted by Gasteiger charge is -2.17. The maximum atomic E-state index is 12.6. The van der Waals surface area contributed by atoms with Crippen LogP contribution in [0.4, 0.5) is 0 Å². The minimum atomic E-state index is -0.168. The SMILES string of the molecule is COC(=O)[C@@H]1CCN(CCOc2cc(Br)ccc2-c2cc(=O)c3cccc(Cl)c3o2)C1. The van der Waals surface area contributed by atoms with E-state index in [1.165, 1.54) is 13.2 Å². The Balaban J connectivity index is 1.54. The number of halogens is 2. The Bertz CT molecular complexity index is 1180. The van der Waals surface area contributed by atoms with Crippen LogP contribution >= 0.6 is 27.5 Å². The molecule has 0 aliphatic carbocycles. The van der Waals surface area contributed by atoms with Gasteiger partial charge in [-0.2, -0.15) is 0 Å². The predicted octanol–water partition coefficient (Wildman–Crippen LogP) is 4.75. The van der Waals surface area contributed by atoms with Gasteiger partial charge in [0.05, 0.1) is 29.0 Å². The van der Waals surface area contributed by atoms with E-state index in [9.17, 15) is 9.59 Å². The lowest BCUT2D eigenvalue weighted by atomic mass is 10.1. The second kappa shape index (κ2) is 9.42. The molecule has 1 aliphatic rings. The monoisotopic (exact) mass is 505 g/mol. The van der Waals surface area contributed by atoms with Gasteiger partial charge in [0.2, 0.25) is 0 Å². The van der Waals surface area contributed by atoms with Crippen molar-refractivity contribution in [3.05, 3.63) is 62.2 Å². The van der Waals surface area contributed by atoms with E-state index in [0.717, 1.165) is 17.4 Å². The summed E-state index contributed by atoms with van der Waals surface area (Å²) in [5.41, 5.74) is 0.848. The summed E-state index contributed by atoms with van der Waals surface area (Å²) in [7, 11) is 1.42. The summed E-state index contributed by atoms with van der Waals surface area (Å²) in [4.78, 5) is 26.5. The molecule has 0 unspecified atom stereocenters. The Labute approximate surface area is 192 Å². The van der Waals surface area contributed by atoms with Crippen LogP contribution in [0.5, 0.6) is 5.75 Å². The normalized spacial score (nSPS) is 16.5. The van der Waals surface area contributed by atoms with Crippen LogP contribution < -0.4 is 10.2 Å². The molecule has 0 bridgehead atoms. The van der Waals surface area contributed by atoms with E-state index in [2.05, 4.69) is 20.8 Å². The van der Waals surface area contributed by atoms with Crippen molar-refractivity contribution >= 4 is 44.5 Å². The number of likely N-dealkylation sites (tertiary alicyclic amines) is 1. The number of rotatable bonds is 6. The first-order valence-corrected chi connectivity index (χ1v) is 11.1. The van der Waals surface area contributed by atoms with Crippen LogP contribution in [0.2, 0.25) is 5.02 Å². The molecule has 6 nitrogen and oxygen atoms in total. The fourth-order valence-corrected chi connectivity index (χ4v) is 4.33. The van der Waals surface area contributed by atoms with Crippen LogP contribution in [0.1, 0.15) is 6.42 Å². The van der Waals surface area contributed by atoms with Crippen molar-refractivity contribution in [2.75, 3.05) is 33.4 Å². The van der Waals surface area contributed by atoms with Gasteiger partial charge in [0, 0.05) is 23.6 Å². The third-order valence-corrected chi connectivity index (χ3v) is 6.18. The van der Waals surface area contributed by atoms with E-state index in [1.807, 2.05) is 18.2 Å². The lowest BCUT2D eigenvalue weighted by molar-refractivity contribution is -0.144. The molecule has 1 aromatic heterocycles. The Hall–Kier alpha value is -2.35. The maximum Gasteiger partial charge on any atom is 0.310 e. The molecule has 31 heavy (non-hydrogen) atoms. The molecule has 1 saturated heterocycles. The molecule has 1 aliphatic heterocycles. The van der Waals surface area contributed by atoms with Crippen molar-refractivity contribution in [1.82, 2.24) is 4.90 Å². The molecule has 0 amide bonds. The van der Waals surface area contributed by atoms with Crippen LogP contribution in [0.15, 0.2) is 56.1 Å². The molecule has 1 fully saturated rings. The number of methoxy groups -OCH3 is 1. The third-order valence-electron chi connectivity index (χ3n) is 5.39. The molecule has 2 heterocycles. The van der Waals surface area contributed by atoms with Crippen molar-refractivity contribution in [3.8, 4) is 17.1 Å². The zero-order chi connectivity index (χ0) is 22.0. The molecular weight excluding hydrogens is 486 g/mol. The zero-order valence-electron chi connectivity index (χ0n) is 16.9. The Morgan fingerprint density at radius 1 is 1.29 bits per heavy atom. The van der Waals surface area contributed by atoms with E-state index >= 15 is 0 Å². The highest BCUT2D eigenvalue weighted by molar-refractivity contribution is 9.10. The van der Waals surface area contributed by atoms with Gasteiger partial charge in [0.1, 0.15) is 18.1 Å². The number of hydrogen-bond acceptors (Lipinski definition) is 6. The highest BCUT2D eigenvalue weighted by Gasteiger charge is 2.28. The van der Waals surface area contributed by atoms with E-state index in [4.69, 9.17) is 25.5 Å². The van der Waals surface area contributed by atoms with E-state index in [1.54, 1.807) is 18.2 Å². The fraction of sp³-hybridized carbons (Fsp3) is 0.304. The van der Waals surface area contributed by atoms with Crippen molar-refractivity contribution in [2.24, 2.45) is 5.92 Å². The minimum Gasteiger partial charge on any atom is -0.491 e. The molecular formula is C23H21BrClNO5.